The first-order valence-electron chi connectivity index (χ1n) is 9.72. The molecule has 0 aromatic heterocycles. The van der Waals surface area contributed by atoms with Gasteiger partial charge in [0, 0.05) is 0 Å². The standard InChI is InChI=1S/C13H9.C10H15.C3H6.2ClH.Zr/c1-3-7-12-10(5-1)9-11-6-2-4-8-13(11)12;1-4-10(2,3)9-7-5-6-8-9;1-3-2;;;/h1-5,7-8H,9H2;5,7H,4,6H2,1-3H3;1-2H3;2*1H;/q2*-1;;;;+2/p-2. The van der Waals surface area contributed by atoms with Crippen LogP contribution in [0.4, 0.5) is 0 Å². The molecule has 0 spiro atoms. The Kier molecular flexibility index (Phi) is 13.2. The number of hydrogen-bond acceptors (Lipinski definition) is 0. The van der Waals surface area contributed by atoms with Crippen molar-refractivity contribution in [1.82, 2.24) is 0 Å². The Balaban J connectivity index is 0.000000443. The maximum absolute atomic E-state index is 3.35. The van der Waals surface area contributed by atoms with Gasteiger partial charge in [-0.15, -0.1) is 12.0 Å². The van der Waals surface area contributed by atoms with Gasteiger partial charge in [0.1, 0.15) is 0 Å². The smallest absolute Gasteiger partial charge is 0.0253 e. The van der Waals surface area contributed by atoms with E-state index in [0.717, 1.165) is 12.8 Å². The summed E-state index contributed by atoms with van der Waals surface area (Å²) in [5.41, 5.74) is 7.23. The van der Waals surface area contributed by atoms with Gasteiger partial charge in [-0.1, -0.05) is 56.2 Å². The van der Waals surface area contributed by atoms with E-state index in [-0.39, 0.29) is 24.8 Å². The van der Waals surface area contributed by atoms with E-state index in [0.29, 0.717) is 5.41 Å². The van der Waals surface area contributed by atoms with E-state index in [2.05, 4.69) is 95.3 Å². The molecule has 0 saturated heterocycles. The SMILES string of the molecule is CCC(C)(C)C1=[C-]CC=C1.C[C](C)=[Zr+2].[Cl-].[Cl-].[c-]1cccc2c1Cc1ccccc1-2. The van der Waals surface area contributed by atoms with Crippen molar-refractivity contribution in [3.8, 4) is 11.1 Å². The first-order valence-corrected chi connectivity index (χ1v) is 11.0. The second-order valence-electron chi connectivity index (χ2n) is 7.83. The van der Waals surface area contributed by atoms with Crippen LogP contribution in [0.2, 0.25) is 0 Å². The zero-order chi connectivity index (χ0) is 19.9. The summed E-state index contributed by atoms with van der Waals surface area (Å²) in [5, 5.41) is 0. The van der Waals surface area contributed by atoms with Crippen LogP contribution < -0.4 is 24.8 Å². The third kappa shape index (κ3) is 8.49. The van der Waals surface area contributed by atoms with E-state index >= 15 is 0 Å². The van der Waals surface area contributed by atoms with Crippen LogP contribution in [0.25, 0.3) is 11.1 Å². The van der Waals surface area contributed by atoms with Crippen molar-refractivity contribution >= 4 is 3.21 Å². The van der Waals surface area contributed by atoms with Crippen molar-refractivity contribution in [1.29, 1.82) is 0 Å². The molecule has 0 heterocycles. The molecular formula is C26H30Cl2Zr-2. The summed E-state index contributed by atoms with van der Waals surface area (Å²) in [4.78, 5) is 0. The number of allylic oxidation sites excluding steroid dienone is 4. The van der Waals surface area contributed by atoms with Crippen molar-refractivity contribution < 1.29 is 49.0 Å². The average Bonchev–Trinajstić information content (AvgIpc) is 3.30. The summed E-state index contributed by atoms with van der Waals surface area (Å²) in [7, 11) is 0. The molecule has 2 aliphatic rings. The van der Waals surface area contributed by atoms with Gasteiger partial charge in [-0.2, -0.15) is 35.9 Å². The Labute approximate surface area is 205 Å². The maximum Gasteiger partial charge on any atom is -0.0253 e. The molecule has 0 radical (unpaired) electrons. The van der Waals surface area contributed by atoms with Gasteiger partial charge < -0.3 is 24.8 Å². The normalized spacial score (nSPS) is 12.6. The first-order chi connectivity index (χ1) is 12.8. The zero-order valence-electron chi connectivity index (χ0n) is 18.1. The predicted octanol–water partition coefficient (Wildman–Crippen LogP) is 0.923. The van der Waals surface area contributed by atoms with Crippen LogP contribution in [-0.2, 0) is 30.7 Å². The summed E-state index contributed by atoms with van der Waals surface area (Å²) in [6.07, 6.45) is 11.0. The Morgan fingerprint density at radius 3 is 2.24 bits per heavy atom. The van der Waals surface area contributed by atoms with E-state index in [9.17, 15) is 0 Å². The molecule has 2 aliphatic carbocycles. The van der Waals surface area contributed by atoms with E-state index in [1.807, 2.05) is 6.07 Å². The van der Waals surface area contributed by atoms with Crippen molar-refractivity contribution in [2.75, 3.05) is 0 Å². The minimum absolute atomic E-state index is 0. The van der Waals surface area contributed by atoms with Gasteiger partial charge in [-0.05, 0) is 18.3 Å². The van der Waals surface area contributed by atoms with E-state index in [1.54, 1.807) is 24.2 Å². The summed E-state index contributed by atoms with van der Waals surface area (Å²) in [6, 6.07) is 18.1. The third-order valence-corrected chi connectivity index (χ3v) is 4.92. The molecule has 4 rings (SSSR count). The quantitative estimate of drug-likeness (QED) is 0.456. The van der Waals surface area contributed by atoms with E-state index in [1.165, 1.54) is 37.5 Å². The van der Waals surface area contributed by atoms with Crippen LogP contribution in [0, 0.1) is 17.6 Å². The van der Waals surface area contributed by atoms with Crippen molar-refractivity contribution in [2.24, 2.45) is 5.41 Å². The Hall–Kier alpha value is -0.747. The van der Waals surface area contributed by atoms with Crippen LogP contribution in [0.5, 0.6) is 0 Å². The predicted molar refractivity (Wildman–Crippen MR) is 114 cm³/mol. The molecule has 0 amide bonds. The summed E-state index contributed by atoms with van der Waals surface area (Å²) < 4.78 is 1.51. The van der Waals surface area contributed by atoms with Crippen LogP contribution in [0.1, 0.15) is 58.6 Å². The number of benzene rings is 2. The molecule has 0 aliphatic heterocycles. The molecule has 2 aromatic rings. The number of hydrogen-bond donors (Lipinski definition) is 0. The third-order valence-electron chi connectivity index (χ3n) is 4.92. The van der Waals surface area contributed by atoms with Gasteiger partial charge in [0.2, 0.25) is 0 Å². The topological polar surface area (TPSA) is 0 Å². The van der Waals surface area contributed by atoms with Gasteiger partial charge in [0.15, 0.2) is 0 Å². The molecule has 154 valence electrons. The van der Waals surface area contributed by atoms with E-state index in [4.69, 9.17) is 0 Å². The minimum atomic E-state index is 0. The molecule has 0 saturated carbocycles. The second-order valence-corrected chi connectivity index (χ2v) is 10.3. The van der Waals surface area contributed by atoms with Gasteiger partial charge in [0.05, 0.1) is 0 Å². The Morgan fingerprint density at radius 1 is 1.03 bits per heavy atom. The molecule has 0 bridgehead atoms. The van der Waals surface area contributed by atoms with Gasteiger partial charge >= 0.3 is 41.3 Å². The first kappa shape index (κ1) is 28.3. The monoisotopic (exact) mass is 502 g/mol. The summed E-state index contributed by atoms with van der Waals surface area (Å²) >= 11 is 1.55. The zero-order valence-corrected chi connectivity index (χ0v) is 22.0. The minimum Gasteiger partial charge on any atom is -1.00 e. The fraction of sp³-hybridized carbons (Fsp3) is 0.346. The second kappa shape index (κ2) is 13.5. The molecule has 0 N–H and O–H groups in total. The Bertz CT molecular complexity index is 800. The fourth-order valence-electron chi connectivity index (χ4n) is 3.06. The van der Waals surface area contributed by atoms with E-state index < -0.39 is 0 Å². The van der Waals surface area contributed by atoms with Crippen LogP contribution in [-0.4, -0.2) is 3.21 Å². The summed E-state index contributed by atoms with van der Waals surface area (Å²) in [6.45, 7) is 11.0. The number of halogens is 2. The van der Waals surface area contributed by atoms with Crippen molar-refractivity contribution in [2.45, 2.75) is 53.9 Å². The van der Waals surface area contributed by atoms with Gasteiger partial charge in [0.25, 0.3) is 0 Å². The number of fused-ring (bicyclic) bond motifs is 3. The molecule has 0 unspecified atom stereocenters. The number of rotatable bonds is 2. The molecule has 3 heteroatoms. The molecule has 0 atom stereocenters. The van der Waals surface area contributed by atoms with Crippen LogP contribution in [0.3, 0.4) is 0 Å². The fourth-order valence-corrected chi connectivity index (χ4v) is 3.06. The maximum atomic E-state index is 3.35. The van der Waals surface area contributed by atoms with Crippen molar-refractivity contribution in [3.63, 3.8) is 0 Å². The molecule has 0 nitrogen and oxygen atoms in total. The molecular weight excluding hydrogens is 474 g/mol. The van der Waals surface area contributed by atoms with Crippen molar-refractivity contribution in [3.05, 3.63) is 83.5 Å². The Morgan fingerprint density at radius 2 is 1.66 bits per heavy atom. The average molecular weight is 505 g/mol. The molecule has 0 fully saturated rings. The molecule has 29 heavy (non-hydrogen) atoms. The molecule has 2 aromatic carbocycles. The largest absolute Gasteiger partial charge is 1.00 e. The van der Waals surface area contributed by atoms with Gasteiger partial charge in [-0.25, -0.2) is 11.6 Å². The summed E-state index contributed by atoms with van der Waals surface area (Å²) in [5.74, 6) is 0. The van der Waals surface area contributed by atoms with Crippen LogP contribution >= 0.6 is 0 Å². The van der Waals surface area contributed by atoms with Crippen LogP contribution in [0.15, 0.2) is 60.2 Å². The van der Waals surface area contributed by atoms with Gasteiger partial charge in [-0.3, -0.25) is 6.08 Å².